The molecule has 2 aromatic rings. The number of ether oxygens (including phenoxy) is 1. The van der Waals surface area contributed by atoms with E-state index >= 15 is 0 Å². The Labute approximate surface area is 177 Å². The molecule has 1 aliphatic heterocycles. The van der Waals surface area contributed by atoms with Crippen LogP contribution in [0.1, 0.15) is 11.1 Å². The van der Waals surface area contributed by atoms with Crippen molar-refractivity contribution in [1.82, 2.24) is 10.2 Å². The van der Waals surface area contributed by atoms with Gasteiger partial charge < -0.3 is 19.9 Å². The van der Waals surface area contributed by atoms with Crippen molar-refractivity contribution in [2.45, 2.75) is 13.5 Å². The minimum Gasteiger partial charge on any atom is -0.496 e. The standard InChI is InChI=1S/C19H26N4OS.HI/c1-15-6-7-16(13-17(15)24-3)14-21-19(20-2)23-10-8-22(9-11-23)18-5-4-12-25-18;/h4-7,12-13H,8-11,14H2,1-3H3,(H,20,21);1H. The minimum absolute atomic E-state index is 0. The molecule has 0 bridgehead atoms. The van der Waals surface area contributed by atoms with Crippen LogP contribution in [0.4, 0.5) is 5.00 Å². The highest BCUT2D eigenvalue weighted by Crippen LogP contribution is 2.22. The van der Waals surface area contributed by atoms with Gasteiger partial charge in [-0.15, -0.1) is 35.3 Å². The van der Waals surface area contributed by atoms with E-state index in [1.807, 2.05) is 7.05 Å². The summed E-state index contributed by atoms with van der Waals surface area (Å²) in [6.07, 6.45) is 0. The summed E-state index contributed by atoms with van der Waals surface area (Å²) in [5.41, 5.74) is 2.35. The zero-order valence-corrected chi connectivity index (χ0v) is 18.7. The molecule has 0 atom stereocenters. The van der Waals surface area contributed by atoms with Crippen LogP contribution in [0.15, 0.2) is 40.7 Å². The maximum Gasteiger partial charge on any atom is 0.194 e. The fourth-order valence-electron chi connectivity index (χ4n) is 3.08. The predicted molar refractivity (Wildman–Crippen MR) is 121 cm³/mol. The number of rotatable bonds is 4. The number of nitrogens with one attached hydrogen (secondary N) is 1. The number of nitrogens with zero attached hydrogens (tertiary/aromatic N) is 3. The molecule has 5 nitrogen and oxygen atoms in total. The number of aliphatic imine (C=N–C) groups is 1. The average molecular weight is 486 g/mol. The Hall–Kier alpha value is -1.48. The molecule has 0 unspecified atom stereocenters. The lowest BCUT2D eigenvalue weighted by molar-refractivity contribution is 0.373. The molecule has 1 aromatic carbocycles. The molecule has 2 heterocycles. The van der Waals surface area contributed by atoms with Crippen molar-refractivity contribution in [1.29, 1.82) is 0 Å². The van der Waals surface area contributed by atoms with Crippen LogP contribution in [0.2, 0.25) is 0 Å². The van der Waals surface area contributed by atoms with Crippen LogP contribution in [0, 0.1) is 6.92 Å². The third-order valence-corrected chi connectivity index (χ3v) is 5.46. The quantitative estimate of drug-likeness (QED) is 0.408. The molecule has 142 valence electrons. The molecule has 1 aromatic heterocycles. The topological polar surface area (TPSA) is 40.1 Å². The Bertz CT molecular complexity index is 712. The molecular formula is C19H27IN4OS. The first kappa shape index (κ1) is 20.8. The van der Waals surface area contributed by atoms with Gasteiger partial charge in [0.15, 0.2) is 5.96 Å². The lowest BCUT2D eigenvalue weighted by Crippen LogP contribution is -2.52. The van der Waals surface area contributed by atoms with Gasteiger partial charge in [0, 0.05) is 39.8 Å². The summed E-state index contributed by atoms with van der Waals surface area (Å²) < 4.78 is 5.41. The summed E-state index contributed by atoms with van der Waals surface area (Å²) in [7, 11) is 3.56. The van der Waals surface area contributed by atoms with Gasteiger partial charge in [-0.1, -0.05) is 12.1 Å². The smallest absolute Gasteiger partial charge is 0.194 e. The SMILES string of the molecule is CN=C(NCc1ccc(C)c(OC)c1)N1CCN(c2cccs2)CC1.I. The molecule has 0 spiro atoms. The maximum atomic E-state index is 5.41. The average Bonchev–Trinajstić information content (AvgIpc) is 3.18. The van der Waals surface area contributed by atoms with Crippen molar-refractivity contribution in [3.63, 3.8) is 0 Å². The number of hydrogen-bond donors (Lipinski definition) is 1. The lowest BCUT2D eigenvalue weighted by atomic mass is 10.1. The number of methoxy groups -OCH3 is 1. The molecule has 1 N–H and O–H groups in total. The highest BCUT2D eigenvalue weighted by atomic mass is 127. The van der Waals surface area contributed by atoms with E-state index < -0.39 is 0 Å². The van der Waals surface area contributed by atoms with E-state index in [4.69, 9.17) is 4.74 Å². The van der Waals surface area contributed by atoms with Crippen molar-refractivity contribution in [2.24, 2.45) is 4.99 Å². The molecule has 3 rings (SSSR count). The molecular weight excluding hydrogens is 459 g/mol. The Kier molecular flexibility index (Phi) is 8.02. The number of aryl methyl sites for hydroxylation is 1. The number of anilines is 1. The van der Waals surface area contributed by atoms with Gasteiger partial charge in [-0.3, -0.25) is 4.99 Å². The molecule has 1 saturated heterocycles. The van der Waals surface area contributed by atoms with Crippen molar-refractivity contribution < 1.29 is 4.74 Å². The van der Waals surface area contributed by atoms with Crippen LogP contribution >= 0.6 is 35.3 Å². The molecule has 0 radical (unpaired) electrons. The zero-order valence-electron chi connectivity index (χ0n) is 15.6. The van der Waals surface area contributed by atoms with Gasteiger partial charge >= 0.3 is 0 Å². The van der Waals surface area contributed by atoms with E-state index in [2.05, 4.69) is 62.7 Å². The van der Waals surface area contributed by atoms with Crippen molar-refractivity contribution >= 4 is 46.3 Å². The molecule has 0 amide bonds. The Balaban J connectivity index is 0.00000243. The first-order valence-corrected chi connectivity index (χ1v) is 9.47. The van der Waals surface area contributed by atoms with E-state index in [0.717, 1.165) is 50.0 Å². The highest BCUT2D eigenvalue weighted by Gasteiger charge is 2.20. The largest absolute Gasteiger partial charge is 0.496 e. The van der Waals surface area contributed by atoms with Crippen LogP contribution in [0.25, 0.3) is 0 Å². The maximum absolute atomic E-state index is 5.41. The van der Waals surface area contributed by atoms with E-state index in [-0.39, 0.29) is 24.0 Å². The molecule has 1 aliphatic rings. The Morgan fingerprint density at radius 2 is 2.00 bits per heavy atom. The first-order valence-electron chi connectivity index (χ1n) is 8.59. The number of halogens is 1. The van der Waals surface area contributed by atoms with Crippen LogP contribution in [0.5, 0.6) is 5.75 Å². The molecule has 7 heteroatoms. The predicted octanol–water partition coefficient (Wildman–Crippen LogP) is 3.58. The summed E-state index contributed by atoms with van der Waals surface area (Å²) >= 11 is 1.81. The minimum atomic E-state index is 0. The summed E-state index contributed by atoms with van der Waals surface area (Å²) in [5.74, 6) is 1.89. The number of piperazine rings is 1. The molecule has 0 saturated carbocycles. The number of guanidine groups is 1. The molecule has 1 fully saturated rings. The monoisotopic (exact) mass is 486 g/mol. The van der Waals surface area contributed by atoms with Crippen molar-refractivity contribution in [3.8, 4) is 5.75 Å². The van der Waals surface area contributed by atoms with Crippen molar-refractivity contribution in [2.75, 3.05) is 45.2 Å². The van der Waals surface area contributed by atoms with E-state index in [9.17, 15) is 0 Å². The molecule has 0 aliphatic carbocycles. The Morgan fingerprint density at radius 1 is 1.23 bits per heavy atom. The Morgan fingerprint density at radius 3 is 2.62 bits per heavy atom. The summed E-state index contributed by atoms with van der Waals surface area (Å²) in [6, 6.07) is 10.6. The second kappa shape index (κ2) is 10.0. The van der Waals surface area contributed by atoms with Crippen molar-refractivity contribution in [3.05, 3.63) is 46.8 Å². The molecule has 26 heavy (non-hydrogen) atoms. The highest BCUT2D eigenvalue weighted by molar-refractivity contribution is 14.0. The van der Waals surface area contributed by atoms with Crippen LogP contribution in [-0.4, -0.2) is 51.2 Å². The number of benzene rings is 1. The van der Waals surface area contributed by atoms with Gasteiger partial charge in [0.25, 0.3) is 0 Å². The van der Waals surface area contributed by atoms with Gasteiger partial charge in [0.05, 0.1) is 12.1 Å². The van der Waals surface area contributed by atoms with E-state index in [1.165, 1.54) is 10.6 Å². The van der Waals surface area contributed by atoms with E-state index in [1.54, 1.807) is 18.4 Å². The fraction of sp³-hybridized carbons (Fsp3) is 0.421. The third-order valence-electron chi connectivity index (χ3n) is 4.53. The zero-order chi connectivity index (χ0) is 17.6. The van der Waals surface area contributed by atoms with Crippen LogP contribution in [-0.2, 0) is 6.54 Å². The van der Waals surface area contributed by atoms with Crippen LogP contribution < -0.4 is 15.0 Å². The van der Waals surface area contributed by atoms with Gasteiger partial charge in [0.1, 0.15) is 5.75 Å². The number of hydrogen-bond acceptors (Lipinski definition) is 4. The summed E-state index contributed by atoms with van der Waals surface area (Å²) in [4.78, 5) is 9.23. The summed E-state index contributed by atoms with van der Waals surface area (Å²) in [6.45, 7) is 6.82. The van der Waals surface area contributed by atoms with Gasteiger partial charge in [-0.25, -0.2) is 0 Å². The van der Waals surface area contributed by atoms with Gasteiger partial charge in [0.2, 0.25) is 0 Å². The van der Waals surface area contributed by atoms with Crippen LogP contribution in [0.3, 0.4) is 0 Å². The normalized spacial score (nSPS) is 14.8. The third kappa shape index (κ3) is 5.03. The lowest BCUT2D eigenvalue weighted by Gasteiger charge is -2.37. The fourth-order valence-corrected chi connectivity index (χ4v) is 3.86. The van der Waals surface area contributed by atoms with Gasteiger partial charge in [-0.05, 0) is 41.6 Å². The second-order valence-electron chi connectivity index (χ2n) is 6.13. The van der Waals surface area contributed by atoms with Gasteiger partial charge in [-0.2, -0.15) is 0 Å². The number of thiophene rings is 1. The summed E-state index contributed by atoms with van der Waals surface area (Å²) in [5, 5.41) is 6.97. The van der Waals surface area contributed by atoms with E-state index in [0.29, 0.717) is 0 Å². The first-order chi connectivity index (χ1) is 12.2. The second-order valence-corrected chi connectivity index (χ2v) is 7.06.